The second-order valence-electron chi connectivity index (χ2n) is 6.90. The van der Waals surface area contributed by atoms with E-state index in [4.69, 9.17) is 0 Å². The average Bonchev–Trinajstić information content (AvgIpc) is 3.42. The molecule has 2 aromatic rings. The molecule has 6 heteroatoms. The van der Waals surface area contributed by atoms with Crippen molar-refractivity contribution in [2.45, 2.75) is 51.2 Å². The number of hydrogen-bond acceptors (Lipinski definition) is 4. The molecule has 1 heterocycles. The van der Waals surface area contributed by atoms with Gasteiger partial charge in [0.15, 0.2) is 0 Å². The van der Waals surface area contributed by atoms with Gasteiger partial charge in [0.05, 0.1) is 17.0 Å². The molecule has 1 aromatic carbocycles. The normalized spacial score (nSPS) is 15.3. The molecule has 25 heavy (non-hydrogen) atoms. The predicted molar refractivity (Wildman–Crippen MR) is 96.5 cm³/mol. The van der Waals surface area contributed by atoms with Gasteiger partial charge >= 0.3 is 0 Å². The molecule has 134 valence electrons. The summed E-state index contributed by atoms with van der Waals surface area (Å²) in [6.45, 7) is 2.24. The van der Waals surface area contributed by atoms with Crippen LogP contribution in [0.5, 0.6) is 0 Å². The third-order valence-electron chi connectivity index (χ3n) is 4.66. The highest BCUT2D eigenvalue weighted by molar-refractivity contribution is 5.78. The summed E-state index contributed by atoms with van der Waals surface area (Å²) in [5.74, 6) is 0.703. The third kappa shape index (κ3) is 4.07. The van der Waals surface area contributed by atoms with Gasteiger partial charge in [-0.1, -0.05) is 12.1 Å². The Morgan fingerprint density at radius 3 is 2.80 bits per heavy atom. The van der Waals surface area contributed by atoms with E-state index < -0.39 is 6.10 Å². The van der Waals surface area contributed by atoms with E-state index in [0.717, 1.165) is 12.8 Å². The van der Waals surface area contributed by atoms with Gasteiger partial charge in [-0.05, 0) is 38.3 Å². The number of para-hydroxylation sites is 1. The van der Waals surface area contributed by atoms with Crippen molar-refractivity contribution >= 4 is 16.8 Å². The van der Waals surface area contributed by atoms with Crippen molar-refractivity contribution in [3.8, 4) is 0 Å². The number of carbonyl (C=O) groups is 1. The lowest BCUT2D eigenvalue weighted by atomic mass is 10.2. The number of carbonyl (C=O) groups excluding carboxylic acids is 1. The first kappa shape index (κ1) is 17.6. The standard InChI is InChI=1S/C19H25N3O3/c1-13(23)11-12-21(2)18(24)10-9-17-20-16-6-4-3-5-15(16)19(25)22(17)14-7-8-14/h3-6,13-14,23H,7-12H2,1-2H3. The van der Waals surface area contributed by atoms with Crippen molar-refractivity contribution in [3.63, 3.8) is 0 Å². The van der Waals surface area contributed by atoms with E-state index in [-0.39, 0.29) is 17.5 Å². The number of aromatic nitrogens is 2. The molecule has 1 aromatic heterocycles. The maximum atomic E-state index is 12.8. The Morgan fingerprint density at radius 1 is 1.40 bits per heavy atom. The van der Waals surface area contributed by atoms with Crippen molar-refractivity contribution in [1.82, 2.24) is 14.5 Å². The highest BCUT2D eigenvalue weighted by atomic mass is 16.3. The SMILES string of the molecule is CC(O)CCN(C)C(=O)CCc1nc2ccccc2c(=O)n1C1CC1. The van der Waals surface area contributed by atoms with Crippen LogP contribution in [-0.4, -0.2) is 45.2 Å². The number of aryl methyl sites for hydroxylation is 1. The van der Waals surface area contributed by atoms with Crippen molar-refractivity contribution in [3.05, 3.63) is 40.4 Å². The monoisotopic (exact) mass is 343 g/mol. The summed E-state index contributed by atoms with van der Waals surface area (Å²) in [5, 5.41) is 9.98. The Hall–Kier alpha value is -2.21. The van der Waals surface area contributed by atoms with Crippen LogP contribution in [0.4, 0.5) is 0 Å². The number of hydrogen-bond donors (Lipinski definition) is 1. The van der Waals surface area contributed by atoms with Crippen molar-refractivity contribution in [2.24, 2.45) is 0 Å². The van der Waals surface area contributed by atoms with Crippen LogP contribution in [0, 0.1) is 0 Å². The number of amides is 1. The summed E-state index contributed by atoms with van der Waals surface area (Å²) in [6, 6.07) is 7.59. The quantitative estimate of drug-likeness (QED) is 0.833. The van der Waals surface area contributed by atoms with E-state index in [1.54, 1.807) is 23.4 Å². The van der Waals surface area contributed by atoms with Crippen LogP contribution in [-0.2, 0) is 11.2 Å². The smallest absolute Gasteiger partial charge is 0.261 e. The first-order valence-electron chi connectivity index (χ1n) is 8.89. The summed E-state index contributed by atoms with van der Waals surface area (Å²) in [7, 11) is 1.74. The summed E-state index contributed by atoms with van der Waals surface area (Å²) in [5.41, 5.74) is 0.687. The van der Waals surface area contributed by atoms with Crippen LogP contribution in [0.15, 0.2) is 29.1 Å². The van der Waals surface area contributed by atoms with Gasteiger partial charge in [0.1, 0.15) is 5.82 Å². The fourth-order valence-electron chi connectivity index (χ4n) is 2.99. The molecule has 1 aliphatic rings. The maximum absolute atomic E-state index is 12.8. The molecule has 0 spiro atoms. The molecule has 1 atom stereocenters. The van der Waals surface area contributed by atoms with Crippen LogP contribution >= 0.6 is 0 Å². The van der Waals surface area contributed by atoms with E-state index >= 15 is 0 Å². The van der Waals surface area contributed by atoms with Gasteiger partial charge < -0.3 is 10.0 Å². The van der Waals surface area contributed by atoms with Crippen LogP contribution in [0.2, 0.25) is 0 Å². The van der Waals surface area contributed by atoms with Crippen LogP contribution < -0.4 is 5.56 Å². The molecule has 1 fully saturated rings. The third-order valence-corrected chi connectivity index (χ3v) is 4.66. The molecule has 1 unspecified atom stereocenters. The minimum Gasteiger partial charge on any atom is -0.393 e. The van der Waals surface area contributed by atoms with E-state index in [0.29, 0.717) is 42.5 Å². The van der Waals surface area contributed by atoms with Gasteiger partial charge in [-0.25, -0.2) is 4.98 Å². The highest BCUT2D eigenvalue weighted by Gasteiger charge is 2.28. The zero-order valence-corrected chi connectivity index (χ0v) is 14.8. The van der Waals surface area contributed by atoms with Gasteiger partial charge in [-0.2, -0.15) is 0 Å². The number of rotatable bonds is 7. The Balaban J connectivity index is 1.78. The maximum Gasteiger partial charge on any atom is 0.261 e. The van der Waals surface area contributed by atoms with Crippen molar-refractivity contribution in [2.75, 3.05) is 13.6 Å². The number of aliphatic hydroxyl groups is 1. The van der Waals surface area contributed by atoms with E-state index in [9.17, 15) is 14.7 Å². The summed E-state index contributed by atoms with van der Waals surface area (Å²) in [4.78, 5) is 31.4. The number of aliphatic hydroxyl groups excluding tert-OH is 1. The number of nitrogens with zero attached hydrogens (tertiary/aromatic N) is 3. The molecular weight excluding hydrogens is 318 g/mol. The molecule has 1 aliphatic carbocycles. The number of fused-ring (bicyclic) bond motifs is 1. The molecule has 6 nitrogen and oxygen atoms in total. The lowest BCUT2D eigenvalue weighted by Crippen LogP contribution is -2.31. The lowest BCUT2D eigenvalue weighted by Gasteiger charge is -2.18. The molecule has 0 saturated heterocycles. The first-order valence-corrected chi connectivity index (χ1v) is 8.89. The summed E-state index contributed by atoms with van der Waals surface area (Å²) < 4.78 is 1.78. The largest absolute Gasteiger partial charge is 0.393 e. The minimum absolute atomic E-state index is 0.00184. The van der Waals surface area contributed by atoms with Crippen LogP contribution in [0.3, 0.4) is 0 Å². The molecule has 0 bridgehead atoms. The summed E-state index contributed by atoms with van der Waals surface area (Å²) >= 11 is 0. The van der Waals surface area contributed by atoms with Gasteiger partial charge in [0.2, 0.25) is 5.91 Å². The topological polar surface area (TPSA) is 75.4 Å². The molecular formula is C19H25N3O3. The van der Waals surface area contributed by atoms with Crippen LogP contribution in [0.1, 0.15) is 44.5 Å². The van der Waals surface area contributed by atoms with Gasteiger partial charge in [-0.15, -0.1) is 0 Å². The summed E-state index contributed by atoms with van der Waals surface area (Å²) in [6.07, 6.45) is 2.90. The van der Waals surface area contributed by atoms with Crippen LogP contribution in [0.25, 0.3) is 10.9 Å². The Morgan fingerprint density at radius 2 is 2.12 bits per heavy atom. The second kappa shape index (κ2) is 7.35. The molecule has 0 aliphatic heterocycles. The fraction of sp³-hybridized carbons (Fsp3) is 0.526. The Kier molecular flexibility index (Phi) is 5.18. The predicted octanol–water partition coefficient (Wildman–Crippen LogP) is 1.89. The molecule has 3 rings (SSSR count). The van der Waals surface area contributed by atoms with Crippen molar-refractivity contribution in [1.29, 1.82) is 0 Å². The molecule has 1 N–H and O–H groups in total. The molecule has 0 radical (unpaired) electrons. The fourth-order valence-corrected chi connectivity index (χ4v) is 2.99. The minimum atomic E-state index is -0.419. The average molecular weight is 343 g/mol. The molecule has 1 amide bonds. The van der Waals surface area contributed by atoms with Gasteiger partial charge in [-0.3, -0.25) is 14.2 Å². The van der Waals surface area contributed by atoms with E-state index in [1.165, 1.54) is 0 Å². The van der Waals surface area contributed by atoms with Gasteiger partial charge in [0.25, 0.3) is 5.56 Å². The lowest BCUT2D eigenvalue weighted by molar-refractivity contribution is -0.130. The highest BCUT2D eigenvalue weighted by Crippen LogP contribution is 2.34. The zero-order valence-electron chi connectivity index (χ0n) is 14.8. The first-order chi connectivity index (χ1) is 12.0. The number of benzene rings is 1. The Bertz CT molecular complexity index is 824. The van der Waals surface area contributed by atoms with Gasteiger partial charge in [0, 0.05) is 32.5 Å². The molecule has 1 saturated carbocycles. The van der Waals surface area contributed by atoms with E-state index in [1.807, 2.05) is 24.3 Å². The second-order valence-corrected chi connectivity index (χ2v) is 6.90. The van der Waals surface area contributed by atoms with E-state index in [2.05, 4.69) is 4.98 Å². The van der Waals surface area contributed by atoms with Crippen molar-refractivity contribution < 1.29 is 9.90 Å². The zero-order chi connectivity index (χ0) is 18.0. The Labute approximate surface area is 147 Å².